The van der Waals surface area contributed by atoms with E-state index in [0.29, 0.717) is 0 Å². The number of nitrogens with zero attached hydrogens (tertiary/aromatic N) is 1. The number of rotatable bonds is 4. The molecule has 0 fully saturated rings. The van der Waals surface area contributed by atoms with Crippen molar-refractivity contribution in [2.24, 2.45) is 0 Å². The van der Waals surface area contributed by atoms with Gasteiger partial charge in [-0.15, -0.1) is 0 Å². The number of aromatic amines is 2. The van der Waals surface area contributed by atoms with Crippen molar-refractivity contribution in [3.8, 4) is 0 Å². The fourth-order valence-electron chi connectivity index (χ4n) is 2.57. The summed E-state index contributed by atoms with van der Waals surface area (Å²) < 4.78 is 0. The first-order valence-electron chi connectivity index (χ1n) is 8.58. The third-order valence-corrected chi connectivity index (χ3v) is 4.06. The minimum Gasteiger partial charge on any atom is -0.378 e. The third kappa shape index (κ3) is 4.73. The van der Waals surface area contributed by atoms with E-state index in [2.05, 4.69) is 9.97 Å². The normalized spacial score (nSPS) is 12.7. The molecule has 2 aromatic carbocycles. The molecule has 0 unspecified atom stereocenters. The van der Waals surface area contributed by atoms with Gasteiger partial charge in [-0.2, -0.15) is 0 Å². The number of anilines is 1. The Morgan fingerprint density at radius 1 is 0.778 bits per heavy atom. The molecule has 0 aliphatic rings. The number of allylic oxidation sites excluding steroid dienone is 1. The van der Waals surface area contributed by atoms with Gasteiger partial charge in [-0.1, -0.05) is 54.6 Å². The van der Waals surface area contributed by atoms with Gasteiger partial charge < -0.3 is 14.9 Å². The summed E-state index contributed by atoms with van der Waals surface area (Å²) >= 11 is 0. The molecule has 0 aliphatic carbocycles. The molecule has 0 saturated heterocycles. The molecule has 27 heavy (non-hydrogen) atoms. The highest BCUT2D eigenvalue weighted by Gasteiger charge is 1.96. The smallest absolute Gasteiger partial charge is 0.272 e. The van der Waals surface area contributed by atoms with Gasteiger partial charge in [0.2, 0.25) is 0 Å². The van der Waals surface area contributed by atoms with E-state index in [1.165, 1.54) is 0 Å². The van der Waals surface area contributed by atoms with Gasteiger partial charge in [0.05, 0.1) is 0 Å². The number of benzene rings is 2. The molecule has 0 atom stereocenters. The maximum Gasteiger partial charge on any atom is 0.272 e. The van der Waals surface area contributed by atoms with Crippen LogP contribution in [0.15, 0.2) is 70.3 Å². The summed E-state index contributed by atoms with van der Waals surface area (Å²) in [5, 5.41) is 0.443. The molecular weight excluding hydrogens is 338 g/mol. The molecule has 0 amide bonds. The average molecular weight is 359 g/mol. The lowest BCUT2D eigenvalue weighted by Crippen LogP contribution is -2.46. The summed E-state index contributed by atoms with van der Waals surface area (Å²) in [5.41, 5.74) is 2.28. The van der Waals surface area contributed by atoms with Crippen LogP contribution in [0.25, 0.3) is 18.2 Å². The number of hydrogen-bond donors (Lipinski definition) is 2. The van der Waals surface area contributed by atoms with Crippen LogP contribution in [0, 0.1) is 0 Å². The first-order valence-corrected chi connectivity index (χ1v) is 8.58. The van der Waals surface area contributed by atoms with Gasteiger partial charge in [0.1, 0.15) is 10.7 Å². The molecule has 136 valence electrons. The molecule has 0 bridgehead atoms. The van der Waals surface area contributed by atoms with E-state index < -0.39 is 0 Å². The van der Waals surface area contributed by atoms with Crippen LogP contribution in [-0.2, 0) is 0 Å². The van der Waals surface area contributed by atoms with Crippen molar-refractivity contribution in [1.82, 2.24) is 9.97 Å². The van der Waals surface area contributed by atoms with Crippen molar-refractivity contribution in [1.29, 1.82) is 0 Å². The number of hydrogen-bond acceptors (Lipinski definition) is 3. The third-order valence-electron chi connectivity index (χ3n) is 4.06. The van der Waals surface area contributed by atoms with E-state index in [-0.39, 0.29) is 21.8 Å². The second-order valence-electron chi connectivity index (χ2n) is 6.30. The summed E-state index contributed by atoms with van der Waals surface area (Å²) in [5.74, 6) is 0. The molecule has 0 radical (unpaired) electrons. The first-order chi connectivity index (χ1) is 13.0. The Kier molecular flexibility index (Phi) is 5.52. The molecule has 1 heterocycles. The van der Waals surface area contributed by atoms with E-state index in [4.69, 9.17) is 0 Å². The van der Waals surface area contributed by atoms with E-state index in [1.54, 1.807) is 18.2 Å². The zero-order chi connectivity index (χ0) is 19.2. The molecule has 2 N–H and O–H groups in total. The van der Waals surface area contributed by atoms with Crippen LogP contribution in [0.2, 0.25) is 0 Å². The number of nitrogens with one attached hydrogen (secondary N) is 2. The number of aromatic nitrogens is 2. The zero-order valence-electron chi connectivity index (χ0n) is 15.3. The molecular formula is C22H21N3O2. The topological polar surface area (TPSA) is 69.0 Å². The molecule has 0 spiro atoms. The maximum atomic E-state index is 12.2. The minimum atomic E-state index is -0.343. The van der Waals surface area contributed by atoms with Crippen molar-refractivity contribution < 1.29 is 0 Å². The lowest BCUT2D eigenvalue weighted by molar-refractivity contribution is 1.00. The van der Waals surface area contributed by atoms with Gasteiger partial charge >= 0.3 is 0 Å². The van der Waals surface area contributed by atoms with Crippen LogP contribution < -0.4 is 26.7 Å². The van der Waals surface area contributed by atoms with Crippen LogP contribution in [0.1, 0.15) is 11.1 Å². The van der Waals surface area contributed by atoms with E-state index in [1.807, 2.05) is 79.7 Å². The second kappa shape index (κ2) is 8.19. The summed E-state index contributed by atoms with van der Waals surface area (Å²) in [7, 11) is 3.97. The van der Waals surface area contributed by atoms with Gasteiger partial charge in [0.25, 0.3) is 11.1 Å². The Labute approximate surface area is 156 Å². The highest BCUT2D eigenvalue weighted by Crippen LogP contribution is 2.12. The van der Waals surface area contributed by atoms with Crippen molar-refractivity contribution >= 4 is 23.9 Å². The van der Waals surface area contributed by atoms with E-state index in [0.717, 1.165) is 16.8 Å². The second-order valence-corrected chi connectivity index (χ2v) is 6.30. The van der Waals surface area contributed by atoms with Crippen LogP contribution in [0.4, 0.5) is 5.69 Å². The van der Waals surface area contributed by atoms with Crippen LogP contribution in [0.5, 0.6) is 0 Å². The molecule has 3 rings (SSSR count). The molecule has 0 saturated carbocycles. The van der Waals surface area contributed by atoms with Crippen LogP contribution in [0.3, 0.4) is 0 Å². The average Bonchev–Trinajstić information content (AvgIpc) is 2.67. The van der Waals surface area contributed by atoms with Gasteiger partial charge in [-0.3, -0.25) is 9.59 Å². The van der Waals surface area contributed by atoms with Crippen LogP contribution >= 0.6 is 0 Å². The Morgan fingerprint density at radius 3 is 2.07 bits per heavy atom. The van der Waals surface area contributed by atoms with Gasteiger partial charge in [0.15, 0.2) is 0 Å². The van der Waals surface area contributed by atoms with E-state index >= 15 is 0 Å². The Morgan fingerprint density at radius 2 is 1.41 bits per heavy atom. The lowest BCUT2D eigenvalue weighted by Gasteiger charge is -2.11. The van der Waals surface area contributed by atoms with Crippen molar-refractivity contribution in [2.75, 3.05) is 19.0 Å². The first kappa shape index (κ1) is 18.2. The maximum absolute atomic E-state index is 12.2. The quantitative estimate of drug-likeness (QED) is 0.741. The summed E-state index contributed by atoms with van der Waals surface area (Å²) in [6, 6.07) is 17.4. The van der Waals surface area contributed by atoms with Gasteiger partial charge in [-0.05, 0) is 35.4 Å². The molecule has 5 heteroatoms. The van der Waals surface area contributed by atoms with Gasteiger partial charge in [0, 0.05) is 19.8 Å². The Bertz CT molecular complexity index is 1170. The highest BCUT2D eigenvalue weighted by atomic mass is 16.1. The summed E-state index contributed by atoms with van der Waals surface area (Å²) in [6.45, 7) is 0. The largest absolute Gasteiger partial charge is 0.378 e. The predicted molar refractivity (Wildman–Crippen MR) is 111 cm³/mol. The lowest BCUT2D eigenvalue weighted by atomic mass is 10.2. The van der Waals surface area contributed by atoms with Crippen molar-refractivity contribution in [3.63, 3.8) is 0 Å². The summed E-state index contributed by atoms with van der Waals surface area (Å²) in [4.78, 5) is 31.7. The predicted octanol–water partition coefficient (Wildman–Crippen LogP) is 1.45. The Hall–Kier alpha value is -3.60. The molecule has 1 aromatic heterocycles. The Balaban J connectivity index is 1.89. The zero-order valence-corrected chi connectivity index (χ0v) is 15.3. The van der Waals surface area contributed by atoms with Crippen molar-refractivity contribution in [3.05, 3.63) is 103 Å². The van der Waals surface area contributed by atoms with E-state index in [9.17, 15) is 9.59 Å². The minimum absolute atomic E-state index is 0.214. The SMILES string of the molecule is CN(C)c1ccc(/C=C/C=c2\[nH]c(=O)/c(=C/c3ccccc3)[nH]c2=O)cc1. The fraction of sp³-hybridized carbons (Fsp3) is 0.0909. The molecule has 0 aliphatic heterocycles. The highest BCUT2D eigenvalue weighted by molar-refractivity contribution is 5.60. The number of H-pyrrole nitrogens is 2. The van der Waals surface area contributed by atoms with Gasteiger partial charge in [-0.25, -0.2) is 0 Å². The molecule has 3 aromatic rings. The molecule has 5 nitrogen and oxygen atoms in total. The standard InChI is InChI=1S/C22H21N3O2/c1-25(2)18-13-11-16(12-14-18)9-6-10-19-21(26)24-20(22(27)23-19)15-17-7-4-3-5-8-17/h3-15H,1-2H3,(H,23,27)(H,24,26)/b9-6+,19-10-,20-15-. The monoisotopic (exact) mass is 359 g/mol. The fourth-order valence-corrected chi connectivity index (χ4v) is 2.57. The summed E-state index contributed by atoms with van der Waals surface area (Å²) in [6.07, 6.45) is 6.85. The van der Waals surface area contributed by atoms with Crippen molar-refractivity contribution in [2.45, 2.75) is 0 Å². The van der Waals surface area contributed by atoms with Crippen LogP contribution in [-0.4, -0.2) is 24.1 Å².